The van der Waals surface area contributed by atoms with E-state index in [1.54, 1.807) is 19.9 Å². The second kappa shape index (κ2) is 9.48. The lowest BCUT2D eigenvalue weighted by Crippen LogP contribution is -2.30. The van der Waals surface area contributed by atoms with Crippen LogP contribution in [-0.2, 0) is 10.0 Å². The first-order valence-corrected chi connectivity index (χ1v) is 10.6. The summed E-state index contributed by atoms with van der Waals surface area (Å²) in [6.45, 7) is 6.46. The van der Waals surface area contributed by atoms with Gasteiger partial charge in [-0.1, -0.05) is 19.9 Å². The van der Waals surface area contributed by atoms with E-state index in [1.165, 1.54) is 40.7 Å². The van der Waals surface area contributed by atoms with Gasteiger partial charge in [-0.15, -0.1) is 0 Å². The number of hydrogen-bond donors (Lipinski definition) is 2. The van der Waals surface area contributed by atoms with Crippen molar-refractivity contribution in [3.05, 3.63) is 58.1 Å². The zero-order chi connectivity index (χ0) is 21.6. The monoisotopic (exact) mass is 420 g/mol. The SMILES string of the molecule is CCNc1ccc(C(=O)Nc2cccc(S(=O)(=O)N(CC)CC)c2)cc1[N+](=O)[O-]. The number of amides is 1. The van der Waals surface area contributed by atoms with Gasteiger partial charge in [0.2, 0.25) is 10.0 Å². The Hall–Kier alpha value is -2.98. The number of carbonyl (C=O) groups excluding carboxylic acids is 1. The summed E-state index contributed by atoms with van der Waals surface area (Å²) in [5.41, 5.74) is 0.482. The fourth-order valence-electron chi connectivity index (χ4n) is 2.81. The number of anilines is 2. The Bertz CT molecular complexity index is 1000. The van der Waals surface area contributed by atoms with E-state index < -0.39 is 20.9 Å². The van der Waals surface area contributed by atoms with E-state index in [1.807, 2.05) is 6.92 Å². The average molecular weight is 420 g/mol. The standard InChI is InChI=1S/C19H24N4O5S/c1-4-20-17-11-10-14(12-18(17)23(25)26)19(24)21-15-8-7-9-16(13-15)29(27,28)22(5-2)6-3/h7-13,20H,4-6H2,1-3H3,(H,21,24). The predicted octanol–water partition coefficient (Wildman–Crippen LogP) is 3.31. The van der Waals surface area contributed by atoms with Crippen LogP contribution in [0.25, 0.3) is 0 Å². The molecule has 2 aromatic rings. The molecule has 0 saturated heterocycles. The molecular weight excluding hydrogens is 396 g/mol. The number of carbonyl (C=O) groups is 1. The maximum atomic E-state index is 12.7. The smallest absolute Gasteiger partial charge is 0.293 e. The summed E-state index contributed by atoms with van der Waals surface area (Å²) >= 11 is 0. The quantitative estimate of drug-likeness (QED) is 0.474. The summed E-state index contributed by atoms with van der Waals surface area (Å²) in [5.74, 6) is -0.575. The fourth-order valence-corrected chi connectivity index (χ4v) is 4.32. The number of nitro groups is 1. The summed E-state index contributed by atoms with van der Waals surface area (Å²) in [7, 11) is -3.67. The average Bonchev–Trinajstić information content (AvgIpc) is 2.69. The van der Waals surface area contributed by atoms with Crippen LogP contribution in [-0.4, -0.2) is 43.2 Å². The van der Waals surface area contributed by atoms with Gasteiger partial charge in [-0.2, -0.15) is 4.31 Å². The Kier molecular flexibility index (Phi) is 7.29. The highest BCUT2D eigenvalue weighted by molar-refractivity contribution is 7.89. The number of nitrogens with zero attached hydrogens (tertiary/aromatic N) is 2. The number of benzene rings is 2. The maximum Gasteiger partial charge on any atom is 0.293 e. The van der Waals surface area contributed by atoms with Crippen LogP contribution in [0.2, 0.25) is 0 Å². The number of rotatable bonds is 9. The molecule has 2 N–H and O–H groups in total. The van der Waals surface area contributed by atoms with Gasteiger partial charge in [0.25, 0.3) is 11.6 Å². The molecule has 29 heavy (non-hydrogen) atoms. The van der Waals surface area contributed by atoms with Crippen LogP contribution in [0, 0.1) is 10.1 Å². The first-order valence-electron chi connectivity index (χ1n) is 9.18. The molecule has 2 aromatic carbocycles. The van der Waals surface area contributed by atoms with Crippen LogP contribution >= 0.6 is 0 Å². The molecule has 0 aliphatic carbocycles. The molecule has 0 aromatic heterocycles. The molecule has 0 spiro atoms. The van der Waals surface area contributed by atoms with Crippen LogP contribution in [0.5, 0.6) is 0 Å². The van der Waals surface area contributed by atoms with E-state index in [9.17, 15) is 23.3 Å². The number of nitro benzene ring substituents is 1. The van der Waals surface area contributed by atoms with E-state index in [0.717, 1.165) is 0 Å². The summed E-state index contributed by atoms with van der Waals surface area (Å²) < 4.78 is 26.6. The van der Waals surface area contributed by atoms with Gasteiger partial charge in [-0.25, -0.2) is 8.42 Å². The van der Waals surface area contributed by atoms with Crippen LogP contribution in [0.15, 0.2) is 47.4 Å². The van der Waals surface area contributed by atoms with Gasteiger partial charge < -0.3 is 10.6 Å². The van der Waals surface area contributed by atoms with Gasteiger partial charge in [0.15, 0.2) is 0 Å². The predicted molar refractivity (Wildman–Crippen MR) is 112 cm³/mol. The van der Waals surface area contributed by atoms with Crippen LogP contribution in [0.1, 0.15) is 31.1 Å². The largest absolute Gasteiger partial charge is 0.380 e. The summed E-state index contributed by atoms with van der Waals surface area (Å²) in [6, 6.07) is 10.0. The minimum Gasteiger partial charge on any atom is -0.380 e. The summed E-state index contributed by atoms with van der Waals surface area (Å²) in [5, 5.41) is 16.7. The van der Waals surface area contributed by atoms with E-state index >= 15 is 0 Å². The van der Waals surface area contributed by atoms with Crippen molar-refractivity contribution in [1.29, 1.82) is 0 Å². The highest BCUT2D eigenvalue weighted by Crippen LogP contribution is 2.26. The lowest BCUT2D eigenvalue weighted by Gasteiger charge is -2.18. The van der Waals surface area contributed by atoms with Crippen molar-refractivity contribution in [1.82, 2.24) is 4.31 Å². The molecule has 0 saturated carbocycles. The Morgan fingerprint density at radius 3 is 2.38 bits per heavy atom. The zero-order valence-corrected chi connectivity index (χ0v) is 17.3. The van der Waals surface area contributed by atoms with Gasteiger partial charge in [-0.05, 0) is 37.3 Å². The highest BCUT2D eigenvalue weighted by Gasteiger charge is 2.22. The molecular formula is C19H24N4O5S. The molecule has 0 fully saturated rings. The second-order valence-corrected chi connectivity index (χ2v) is 8.03. The lowest BCUT2D eigenvalue weighted by molar-refractivity contribution is -0.384. The topological polar surface area (TPSA) is 122 Å². The molecule has 1 amide bonds. The molecule has 0 unspecified atom stereocenters. The summed E-state index contributed by atoms with van der Waals surface area (Å²) in [4.78, 5) is 23.3. The third-order valence-corrected chi connectivity index (χ3v) is 6.30. The Balaban J connectivity index is 2.30. The van der Waals surface area contributed by atoms with Crippen molar-refractivity contribution in [3.8, 4) is 0 Å². The Labute approximate surface area is 169 Å². The minimum absolute atomic E-state index is 0.0625. The molecule has 10 heteroatoms. The first-order chi connectivity index (χ1) is 13.7. The first kappa shape index (κ1) is 22.3. The van der Waals surface area contributed by atoms with Crippen LogP contribution < -0.4 is 10.6 Å². The van der Waals surface area contributed by atoms with E-state index in [0.29, 0.717) is 25.3 Å². The van der Waals surface area contributed by atoms with Gasteiger partial charge in [0, 0.05) is 37.0 Å². The Morgan fingerprint density at radius 1 is 1.10 bits per heavy atom. The van der Waals surface area contributed by atoms with Gasteiger partial charge in [0.05, 0.1) is 9.82 Å². The number of sulfonamides is 1. The maximum absolute atomic E-state index is 12.7. The van der Waals surface area contributed by atoms with Crippen molar-refractivity contribution in [3.63, 3.8) is 0 Å². The molecule has 0 aliphatic heterocycles. The van der Waals surface area contributed by atoms with Gasteiger partial charge >= 0.3 is 0 Å². The van der Waals surface area contributed by atoms with Crippen molar-refractivity contribution in [2.75, 3.05) is 30.3 Å². The Morgan fingerprint density at radius 2 is 1.79 bits per heavy atom. The molecule has 156 valence electrons. The van der Waals surface area contributed by atoms with E-state index in [-0.39, 0.29) is 21.8 Å². The second-order valence-electron chi connectivity index (χ2n) is 6.09. The van der Waals surface area contributed by atoms with E-state index in [4.69, 9.17) is 0 Å². The van der Waals surface area contributed by atoms with Crippen LogP contribution in [0.3, 0.4) is 0 Å². The number of hydrogen-bond acceptors (Lipinski definition) is 6. The molecule has 2 rings (SSSR count). The van der Waals surface area contributed by atoms with Crippen molar-refractivity contribution in [2.24, 2.45) is 0 Å². The highest BCUT2D eigenvalue weighted by atomic mass is 32.2. The molecule has 0 bridgehead atoms. The van der Waals surface area contributed by atoms with Crippen LogP contribution in [0.4, 0.5) is 17.1 Å². The van der Waals surface area contributed by atoms with Gasteiger partial charge in [0.1, 0.15) is 5.69 Å². The van der Waals surface area contributed by atoms with E-state index in [2.05, 4.69) is 10.6 Å². The third-order valence-electron chi connectivity index (χ3n) is 4.26. The molecule has 9 nitrogen and oxygen atoms in total. The number of nitrogens with one attached hydrogen (secondary N) is 2. The van der Waals surface area contributed by atoms with Crippen molar-refractivity contribution < 1.29 is 18.1 Å². The zero-order valence-electron chi connectivity index (χ0n) is 16.5. The normalized spacial score (nSPS) is 11.3. The van der Waals surface area contributed by atoms with Crippen molar-refractivity contribution in [2.45, 2.75) is 25.7 Å². The molecule has 0 aliphatic rings. The molecule has 0 radical (unpaired) electrons. The molecule has 0 heterocycles. The fraction of sp³-hybridized carbons (Fsp3) is 0.316. The van der Waals surface area contributed by atoms with Gasteiger partial charge in [-0.3, -0.25) is 14.9 Å². The molecule has 0 atom stereocenters. The summed E-state index contributed by atoms with van der Waals surface area (Å²) in [6.07, 6.45) is 0. The van der Waals surface area contributed by atoms with Crippen molar-refractivity contribution >= 4 is 33.0 Å². The third kappa shape index (κ3) is 5.09. The minimum atomic E-state index is -3.67. The lowest BCUT2D eigenvalue weighted by atomic mass is 10.1.